The number of rotatable bonds is 3. The molecule has 0 radical (unpaired) electrons. The number of sulfone groups is 2. The van der Waals surface area contributed by atoms with Gasteiger partial charge in [-0.25, -0.2) is 16.8 Å². The predicted molar refractivity (Wildman–Crippen MR) is 75.8 cm³/mol. The SMILES string of the molecule is CN(C(=O)CC1CCS(=O)(=O)CC1)C1CCS(=O)(=O)C1. The van der Waals surface area contributed by atoms with Crippen LogP contribution >= 0.6 is 0 Å². The summed E-state index contributed by atoms with van der Waals surface area (Å²) in [7, 11) is -4.26. The lowest BCUT2D eigenvalue weighted by molar-refractivity contribution is -0.132. The molecule has 1 amide bonds. The Bertz CT molecular complexity index is 567. The van der Waals surface area contributed by atoms with E-state index in [4.69, 9.17) is 0 Å². The first kappa shape index (κ1) is 15.8. The van der Waals surface area contributed by atoms with Crippen LogP contribution in [-0.4, -0.2) is 63.7 Å². The normalized spacial score (nSPS) is 29.1. The van der Waals surface area contributed by atoms with E-state index >= 15 is 0 Å². The van der Waals surface area contributed by atoms with Gasteiger partial charge >= 0.3 is 0 Å². The van der Waals surface area contributed by atoms with Crippen LogP contribution in [-0.2, 0) is 24.5 Å². The van der Waals surface area contributed by atoms with E-state index < -0.39 is 19.7 Å². The highest BCUT2D eigenvalue weighted by molar-refractivity contribution is 7.91. The minimum Gasteiger partial charge on any atom is -0.342 e. The van der Waals surface area contributed by atoms with Crippen LogP contribution in [0.15, 0.2) is 0 Å². The lowest BCUT2D eigenvalue weighted by atomic mass is 9.98. The summed E-state index contributed by atoms with van der Waals surface area (Å²) in [5.41, 5.74) is 0. The molecule has 2 heterocycles. The van der Waals surface area contributed by atoms with Gasteiger partial charge in [-0.05, 0) is 25.2 Å². The van der Waals surface area contributed by atoms with Crippen molar-refractivity contribution < 1.29 is 21.6 Å². The molecule has 20 heavy (non-hydrogen) atoms. The van der Waals surface area contributed by atoms with Crippen molar-refractivity contribution in [3.63, 3.8) is 0 Å². The van der Waals surface area contributed by atoms with Gasteiger partial charge in [-0.1, -0.05) is 0 Å². The number of hydrogen-bond donors (Lipinski definition) is 0. The summed E-state index contributed by atoms with van der Waals surface area (Å²) in [4.78, 5) is 13.7. The van der Waals surface area contributed by atoms with Gasteiger partial charge in [0.05, 0.1) is 23.0 Å². The van der Waals surface area contributed by atoms with Gasteiger partial charge in [0.15, 0.2) is 9.84 Å². The Morgan fingerprint density at radius 2 is 1.55 bits per heavy atom. The molecule has 2 rings (SSSR count). The van der Waals surface area contributed by atoms with Gasteiger partial charge in [0, 0.05) is 19.5 Å². The van der Waals surface area contributed by atoms with Gasteiger partial charge in [0.2, 0.25) is 5.91 Å². The first-order chi connectivity index (χ1) is 9.19. The summed E-state index contributed by atoms with van der Waals surface area (Å²) >= 11 is 0. The summed E-state index contributed by atoms with van der Waals surface area (Å²) < 4.78 is 45.5. The van der Waals surface area contributed by atoms with E-state index in [1.54, 1.807) is 7.05 Å². The second-order valence-corrected chi connectivity index (χ2v) is 10.4. The third kappa shape index (κ3) is 3.94. The third-order valence-electron chi connectivity index (χ3n) is 4.29. The molecule has 0 aromatic rings. The maximum Gasteiger partial charge on any atom is 0.222 e. The summed E-state index contributed by atoms with van der Waals surface area (Å²) in [6.45, 7) is 0. The average molecular weight is 323 g/mol. The van der Waals surface area contributed by atoms with E-state index in [0.717, 1.165) is 0 Å². The standard InChI is InChI=1S/C12H21NO5S2/c1-13(11-4-7-20(17,18)9-11)12(14)8-10-2-5-19(15,16)6-3-10/h10-11H,2-9H2,1H3. The quantitative estimate of drug-likeness (QED) is 0.720. The van der Waals surface area contributed by atoms with Crippen LogP contribution in [0.25, 0.3) is 0 Å². The van der Waals surface area contributed by atoms with E-state index in [9.17, 15) is 21.6 Å². The summed E-state index contributed by atoms with van der Waals surface area (Å²) in [5.74, 6) is 0.548. The fraction of sp³-hybridized carbons (Fsp3) is 0.917. The van der Waals surface area contributed by atoms with Crippen LogP contribution in [0.2, 0.25) is 0 Å². The minimum atomic E-state index is -3.00. The van der Waals surface area contributed by atoms with Gasteiger partial charge < -0.3 is 4.90 Å². The molecule has 0 spiro atoms. The Labute approximate surface area is 120 Å². The van der Waals surface area contributed by atoms with E-state index in [0.29, 0.717) is 25.7 Å². The molecule has 0 aromatic heterocycles. The first-order valence-corrected chi connectivity index (χ1v) is 10.5. The molecule has 8 heteroatoms. The van der Waals surface area contributed by atoms with Gasteiger partial charge in [0.1, 0.15) is 9.84 Å². The molecule has 2 aliphatic heterocycles. The van der Waals surface area contributed by atoms with Crippen LogP contribution in [0.4, 0.5) is 0 Å². The summed E-state index contributed by atoms with van der Waals surface area (Å²) in [6, 6.07) is -0.222. The van der Waals surface area contributed by atoms with Crippen molar-refractivity contribution in [2.24, 2.45) is 5.92 Å². The molecular formula is C12H21NO5S2. The van der Waals surface area contributed by atoms with E-state index in [-0.39, 0.29) is 40.9 Å². The van der Waals surface area contributed by atoms with Gasteiger partial charge in [0.25, 0.3) is 0 Å². The van der Waals surface area contributed by atoms with Crippen molar-refractivity contribution in [1.29, 1.82) is 0 Å². The van der Waals surface area contributed by atoms with Crippen LogP contribution in [0, 0.1) is 5.92 Å². The Morgan fingerprint density at radius 3 is 2.05 bits per heavy atom. The van der Waals surface area contributed by atoms with Crippen molar-refractivity contribution in [1.82, 2.24) is 4.90 Å². The molecule has 2 aliphatic rings. The Morgan fingerprint density at radius 1 is 1.00 bits per heavy atom. The predicted octanol–water partition coefficient (Wildman–Crippen LogP) is -0.153. The molecule has 0 N–H and O–H groups in total. The van der Waals surface area contributed by atoms with E-state index in [1.165, 1.54) is 4.90 Å². The zero-order valence-corrected chi connectivity index (χ0v) is 13.2. The maximum absolute atomic E-state index is 12.2. The summed E-state index contributed by atoms with van der Waals surface area (Å²) in [6.07, 6.45) is 1.89. The van der Waals surface area contributed by atoms with Crippen molar-refractivity contribution in [2.75, 3.05) is 30.1 Å². The van der Waals surface area contributed by atoms with Gasteiger partial charge in [-0.15, -0.1) is 0 Å². The second kappa shape index (κ2) is 5.63. The highest BCUT2D eigenvalue weighted by Gasteiger charge is 2.34. The monoisotopic (exact) mass is 323 g/mol. The Balaban J connectivity index is 1.86. The molecule has 0 aromatic carbocycles. The zero-order chi connectivity index (χ0) is 15.0. The van der Waals surface area contributed by atoms with Crippen LogP contribution < -0.4 is 0 Å². The first-order valence-electron chi connectivity index (χ1n) is 6.85. The number of hydrogen-bond acceptors (Lipinski definition) is 5. The van der Waals surface area contributed by atoms with Gasteiger partial charge in [-0.2, -0.15) is 0 Å². The zero-order valence-electron chi connectivity index (χ0n) is 11.6. The highest BCUT2D eigenvalue weighted by Crippen LogP contribution is 2.24. The molecule has 6 nitrogen and oxygen atoms in total. The Hall–Kier alpha value is -0.630. The molecule has 116 valence electrons. The Kier molecular flexibility index (Phi) is 4.44. The minimum absolute atomic E-state index is 0.0499. The average Bonchev–Trinajstić information content (AvgIpc) is 2.71. The number of carbonyl (C=O) groups excluding carboxylic acids is 1. The van der Waals surface area contributed by atoms with Gasteiger partial charge in [-0.3, -0.25) is 4.79 Å². The lowest BCUT2D eigenvalue weighted by Crippen LogP contribution is -2.39. The third-order valence-corrected chi connectivity index (χ3v) is 7.75. The highest BCUT2D eigenvalue weighted by atomic mass is 32.2. The maximum atomic E-state index is 12.2. The van der Waals surface area contributed by atoms with E-state index in [2.05, 4.69) is 0 Å². The molecule has 0 saturated carbocycles. The van der Waals surface area contributed by atoms with Crippen LogP contribution in [0.1, 0.15) is 25.7 Å². The van der Waals surface area contributed by atoms with Crippen molar-refractivity contribution >= 4 is 25.6 Å². The van der Waals surface area contributed by atoms with Crippen molar-refractivity contribution in [3.8, 4) is 0 Å². The fourth-order valence-corrected chi connectivity index (χ4v) is 6.18. The second-order valence-electron chi connectivity index (χ2n) is 5.86. The number of carbonyl (C=O) groups is 1. The number of nitrogens with zero attached hydrogens (tertiary/aromatic N) is 1. The van der Waals surface area contributed by atoms with Crippen LogP contribution in [0.5, 0.6) is 0 Å². The topological polar surface area (TPSA) is 88.6 Å². The summed E-state index contributed by atoms with van der Waals surface area (Å²) in [5, 5.41) is 0. The molecule has 2 saturated heterocycles. The molecular weight excluding hydrogens is 302 g/mol. The molecule has 0 bridgehead atoms. The van der Waals surface area contributed by atoms with Crippen molar-refractivity contribution in [3.05, 3.63) is 0 Å². The fourth-order valence-electron chi connectivity index (χ4n) is 2.82. The van der Waals surface area contributed by atoms with Crippen molar-refractivity contribution in [2.45, 2.75) is 31.7 Å². The molecule has 2 fully saturated rings. The molecule has 0 aliphatic carbocycles. The van der Waals surface area contributed by atoms with E-state index in [1.807, 2.05) is 0 Å². The lowest BCUT2D eigenvalue weighted by Gasteiger charge is -2.27. The number of amides is 1. The van der Waals surface area contributed by atoms with Crippen LogP contribution in [0.3, 0.4) is 0 Å². The largest absolute Gasteiger partial charge is 0.342 e. The molecule has 1 unspecified atom stereocenters. The molecule has 1 atom stereocenters. The smallest absolute Gasteiger partial charge is 0.222 e.